The highest BCUT2D eigenvalue weighted by atomic mass is 35.5. The molecule has 1 amide bonds. The van der Waals surface area contributed by atoms with Crippen molar-refractivity contribution in [1.29, 1.82) is 0 Å². The van der Waals surface area contributed by atoms with Gasteiger partial charge in [-0.25, -0.2) is 0 Å². The van der Waals surface area contributed by atoms with Gasteiger partial charge >= 0.3 is 0 Å². The van der Waals surface area contributed by atoms with Crippen molar-refractivity contribution in [2.24, 2.45) is 5.41 Å². The van der Waals surface area contributed by atoms with E-state index in [0.717, 1.165) is 44.1 Å². The summed E-state index contributed by atoms with van der Waals surface area (Å²) in [4.78, 5) is 14.3. The maximum Gasteiger partial charge on any atom is 0.289 e. The van der Waals surface area contributed by atoms with Crippen LogP contribution in [-0.4, -0.2) is 43.2 Å². The molecule has 0 atom stereocenters. The highest BCUT2D eigenvalue weighted by molar-refractivity contribution is 7.98. The minimum absolute atomic E-state index is 0. The smallest absolute Gasteiger partial charge is 0.289 e. The van der Waals surface area contributed by atoms with Gasteiger partial charge in [-0.15, -0.1) is 12.4 Å². The third kappa shape index (κ3) is 3.00. The Hall–Kier alpha value is -0.650. The highest BCUT2D eigenvalue weighted by Gasteiger charge is 2.38. The summed E-state index contributed by atoms with van der Waals surface area (Å²) >= 11 is 1.52. The van der Waals surface area contributed by atoms with Crippen molar-refractivity contribution in [2.45, 2.75) is 24.4 Å². The van der Waals surface area contributed by atoms with Gasteiger partial charge < -0.3 is 14.6 Å². The molecule has 0 saturated carbocycles. The highest BCUT2D eigenvalue weighted by Crippen LogP contribution is 2.37. The number of rotatable bonds is 2. The van der Waals surface area contributed by atoms with Crippen LogP contribution in [0, 0.1) is 5.41 Å². The Bertz CT molecular complexity index is 461. The van der Waals surface area contributed by atoms with Crippen LogP contribution in [0.4, 0.5) is 0 Å². The van der Waals surface area contributed by atoms with Crippen LogP contribution < -0.4 is 5.32 Å². The molecule has 0 aliphatic carbocycles. The third-order valence-electron chi connectivity index (χ3n) is 4.44. The summed E-state index contributed by atoms with van der Waals surface area (Å²) in [5.74, 6) is 0.519. The van der Waals surface area contributed by atoms with E-state index in [1.807, 2.05) is 17.2 Å². The van der Waals surface area contributed by atoms with Gasteiger partial charge in [0.2, 0.25) is 0 Å². The fraction of sp³-hybridized carbons (Fsp3) is 0.643. The van der Waals surface area contributed by atoms with Crippen molar-refractivity contribution in [3.8, 4) is 0 Å². The molecule has 6 heteroatoms. The van der Waals surface area contributed by atoms with Crippen molar-refractivity contribution in [3.63, 3.8) is 0 Å². The summed E-state index contributed by atoms with van der Waals surface area (Å²) in [6.07, 6.45) is 5.43. The maximum absolute atomic E-state index is 12.3. The van der Waals surface area contributed by atoms with E-state index in [4.69, 9.17) is 4.42 Å². The zero-order valence-corrected chi connectivity index (χ0v) is 13.3. The first-order chi connectivity index (χ1) is 9.22. The predicted octanol–water partition coefficient (Wildman–Crippen LogP) is 2.64. The summed E-state index contributed by atoms with van der Waals surface area (Å²) in [5, 5.41) is 4.25. The van der Waals surface area contributed by atoms with Gasteiger partial charge in [-0.2, -0.15) is 0 Å². The molecule has 4 nitrogen and oxygen atoms in total. The average Bonchev–Trinajstić information content (AvgIpc) is 3.08. The Morgan fingerprint density at radius 3 is 2.65 bits per heavy atom. The number of furan rings is 1. The molecule has 112 valence electrons. The Morgan fingerprint density at radius 2 is 2.10 bits per heavy atom. The monoisotopic (exact) mass is 316 g/mol. The lowest BCUT2D eigenvalue weighted by atomic mass is 9.78. The summed E-state index contributed by atoms with van der Waals surface area (Å²) < 4.78 is 5.52. The third-order valence-corrected chi connectivity index (χ3v) is 5.06. The predicted molar refractivity (Wildman–Crippen MR) is 82.8 cm³/mol. The SMILES string of the molecule is CSc1ccc(C(=O)N2CCC3(CCNC3)CC2)o1.Cl. The van der Waals surface area contributed by atoms with E-state index in [0.29, 0.717) is 11.2 Å². The van der Waals surface area contributed by atoms with Crippen LogP contribution in [-0.2, 0) is 0 Å². The number of hydrogen-bond acceptors (Lipinski definition) is 4. The molecule has 1 aromatic heterocycles. The maximum atomic E-state index is 12.3. The largest absolute Gasteiger partial charge is 0.445 e. The Labute approximate surface area is 130 Å². The van der Waals surface area contributed by atoms with Gasteiger partial charge in [0.25, 0.3) is 5.91 Å². The second-order valence-electron chi connectivity index (χ2n) is 5.54. The van der Waals surface area contributed by atoms with Crippen molar-refractivity contribution in [3.05, 3.63) is 17.9 Å². The molecule has 1 N–H and O–H groups in total. The number of carbonyl (C=O) groups is 1. The second-order valence-corrected chi connectivity index (χ2v) is 6.35. The molecule has 20 heavy (non-hydrogen) atoms. The van der Waals surface area contributed by atoms with Crippen molar-refractivity contribution in [1.82, 2.24) is 10.2 Å². The molecule has 0 unspecified atom stereocenters. The van der Waals surface area contributed by atoms with Crippen molar-refractivity contribution in [2.75, 3.05) is 32.4 Å². The Kier molecular flexibility index (Phi) is 5.04. The molecular weight excluding hydrogens is 296 g/mol. The molecule has 2 fully saturated rings. The number of likely N-dealkylation sites (tertiary alicyclic amines) is 1. The number of nitrogens with one attached hydrogen (secondary N) is 1. The molecule has 0 aromatic carbocycles. The first-order valence-corrected chi connectivity index (χ1v) is 8.09. The number of hydrogen-bond donors (Lipinski definition) is 1. The van der Waals surface area contributed by atoms with E-state index in [1.54, 1.807) is 6.07 Å². The number of thioether (sulfide) groups is 1. The topological polar surface area (TPSA) is 45.5 Å². The van der Waals surface area contributed by atoms with Gasteiger partial charge in [-0.1, -0.05) is 11.8 Å². The number of piperidine rings is 1. The summed E-state index contributed by atoms with van der Waals surface area (Å²) in [5.41, 5.74) is 0.449. The summed E-state index contributed by atoms with van der Waals surface area (Å²) in [7, 11) is 0. The van der Waals surface area contributed by atoms with E-state index in [1.165, 1.54) is 18.2 Å². The molecule has 1 aromatic rings. The fourth-order valence-corrected chi connectivity index (χ4v) is 3.48. The van der Waals surface area contributed by atoms with Crippen LogP contribution in [0.1, 0.15) is 29.8 Å². The molecule has 0 bridgehead atoms. The Balaban J connectivity index is 0.00000147. The zero-order valence-electron chi connectivity index (χ0n) is 11.7. The minimum atomic E-state index is 0. The van der Waals surface area contributed by atoms with Crippen LogP contribution >= 0.6 is 24.2 Å². The number of amides is 1. The fourth-order valence-electron chi connectivity index (χ4n) is 3.11. The lowest BCUT2D eigenvalue weighted by Gasteiger charge is -2.38. The van der Waals surface area contributed by atoms with Gasteiger partial charge in [0, 0.05) is 19.6 Å². The number of carbonyl (C=O) groups excluding carboxylic acids is 1. The lowest BCUT2D eigenvalue weighted by Crippen LogP contribution is -2.43. The van der Waals surface area contributed by atoms with Crippen LogP contribution in [0.5, 0.6) is 0 Å². The van der Waals surface area contributed by atoms with E-state index in [-0.39, 0.29) is 18.3 Å². The molecule has 0 radical (unpaired) electrons. The van der Waals surface area contributed by atoms with Crippen LogP contribution in [0.25, 0.3) is 0 Å². The van der Waals surface area contributed by atoms with E-state index < -0.39 is 0 Å². The van der Waals surface area contributed by atoms with Gasteiger partial charge in [-0.3, -0.25) is 4.79 Å². The quantitative estimate of drug-likeness (QED) is 0.852. The number of halogens is 1. The Morgan fingerprint density at radius 1 is 1.35 bits per heavy atom. The lowest BCUT2D eigenvalue weighted by molar-refractivity contribution is 0.0572. The van der Waals surface area contributed by atoms with Gasteiger partial charge in [0.05, 0.1) is 0 Å². The second kappa shape index (κ2) is 6.41. The van der Waals surface area contributed by atoms with E-state index in [9.17, 15) is 4.79 Å². The molecule has 2 saturated heterocycles. The summed E-state index contributed by atoms with van der Waals surface area (Å²) in [6.45, 7) is 3.96. The van der Waals surface area contributed by atoms with Crippen LogP contribution in [0.15, 0.2) is 21.6 Å². The molecule has 3 rings (SSSR count). The first kappa shape index (κ1) is 15.7. The van der Waals surface area contributed by atoms with Gasteiger partial charge in [0.15, 0.2) is 10.9 Å². The van der Waals surface area contributed by atoms with Crippen molar-refractivity contribution < 1.29 is 9.21 Å². The molecule has 2 aliphatic rings. The van der Waals surface area contributed by atoms with Crippen molar-refractivity contribution >= 4 is 30.1 Å². The molecule has 2 aliphatic heterocycles. The minimum Gasteiger partial charge on any atom is -0.445 e. The van der Waals surface area contributed by atoms with Gasteiger partial charge in [0.1, 0.15) is 0 Å². The summed E-state index contributed by atoms with van der Waals surface area (Å²) in [6, 6.07) is 3.65. The standard InChI is InChI=1S/C14H20N2O2S.ClH/c1-19-12-3-2-11(18-12)13(17)16-8-5-14(6-9-16)4-7-15-10-14;/h2-3,15H,4-10H2,1H3;1H. The van der Waals surface area contributed by atoms with Crippen LogP contribution in [0.3, 0.4) is 0 Å². The zero-order chi connectivity index (χ0) is 13.3. The van der Waals surface area contributed by atoms with E-state index in [2.05, 4.69) is 5.32 Å². The van der Waals surface area contributed by atoms with E-state index >= 15 is 0 Å². The number of nitrogens with zero attached hydrogens (tertiary/aromatic N) is 1. The molecule has 3 heterocycles. The normalized spacial score (nSPS) is 20.9. The van der Waals surface area contributed by atoms with Crippen LogP contribution in [0.2, 0.25) is 0 Å². The molecule has 1 spiro atoms. The first-order valence-electron chi connectivity index (χ1n) is 6.86. The average molecular weight is 317 g/mol. The molecular formula is C14H21ClN2O2S. The van der Waals surface area contributed by atoms with Gasteiger partial charge in [-0.05, 0) is 49.6 Å².